The summed E-state index contributed by atoms with van der Waals surface area (Å²) in [6.45, 7) is 3.47. The smallest absolute Gasteiger partial charge is 0.161 e. The third-order valence-electron chi connectivity index (χ3n) is 3.87. The third-order valence-corrected chi connectivity index (χ3v) is 3.87. The maximum Gasteiger partial charge on any atom is 0.161 e. The summed E-state index contributed by atoms with van der Waals surface area (Å²) in [5, 5.41) is 6.92. The van der Waals surface area contributed by atoms with E-state index in [4.69, 9.17) is 9.47 Å². The number of piperazine rings is 1. The lowest BCUT2D eigenvalue weighted by molar-refractivity contribution is 0.283. The minimum atomic E-state index is 0.318. The van der Waals surface area contributed by atoms with Crippen LogP contribution in [0.5, 0.6) is 11.5 Å². The van der Waals surface area contributed by atoms with Crippen molar-refractivity contribution in [3.05, 3.63) is 59.7 Å². The van der Waals surface area contributed by atoms with E-state index in [0.29, 0.717) is 12.6 Å². The first-order chi connectivity index (χ1) is 10.9. The molecule has 0 spiro atoms. The molecule has 0 saturated carbocycles. The van der Waals surface area contributed by atoms with Gasteiger partial charge in [0.25, 0.3) is 0 Å². The first-order valence-electron chi connectivity index (χ1n) is 7.65. The SMILES string of the molecule is COc1ccc([C@@H]2CNCCN2)cc1OCc1ccccc1. The van der Waals surface area contributed by atoms with Crippen molar-refractivity contribution in [2.75, 3.05) is 26.7 Å². The van der Waals surface area contributed by atoms with E-state index in [-0.39, 0.29) is 0 Å². The van der Waals surface area contributed by atoms with E-state index < -0.39 is 0 Å². The van der Waals surface area contributed by atoms with Gasteiger partial charge in [0, 0.05) is 25.7 Å². The number of rotatable bonds is 5. The van der Waals surface area contributed by atoms with Crippen molar-refractivity contribution in [1.82, 2.24) is 10.6 Å². The molecule has 4 heteroatoms. The Morgan fingerprint density at radius 2 is 1.91 bits per heavy atom. The minimum absolute atomic E-state index is 0.318. The summed E-state index contributed by atoms with van der Waals surface area (Å²) in [5.74, 6) is 1.56. The molecular weight excluding hydrogens is 276 g/mol. The monoisotopic (exact) mass is 298 g/mol. The average molecular weight is 298 g/mol. The van der Waals surface area contributed by atoms with Crippen LogP contribution in [0.2, 0.25) is 0 Å². The Labute approximate surface area is 131 Å². The van der Waals surface area contributed by atoms with Crippen LogP contribution in [0.1, 0.15) is 17.2 Å². The number of nitrogens with one attached hydrogen (secondary N) is 2. The molecule has 1 aliphatic rings. The largest absolute Gasteiger partial charge is 0.493 e. The number of benzene rings is 2. The van der Waals surface area contributed by atoms with Crippen LogP contribution in [0, 0.1) is 0 Å². The lowest BCUT2D eigenvalue weighted by atomic mass is 10.0. The van der Waals surface area contributed by atoms with Gasteiger partial charge in [0.2, 0.25) is 0 Å². The second-order valence-electron chi connectivity index (χ2n) is 5.40. The van der Waals surface area contributed by atoms with Crippen LogP contribution in [0.15, 0.2) is 48.5 Å². The van der Waals surface area contributed by atoms with Crippen molar-refractivity contribution < 1.29 is 9.47 Å². The molecule has 0 amide bonds. The van der Waals surface area contributed by atoms with E-state index >= 15 is 0 Å². The Morgan fingerprint density at radius 1 is 1.05 bits per heavy atom. The van der Waals surface area contributed by atoms with Gasteiger partial charge in [-0.3, -0.25) is 0 Å². The van der Waals surface area contributed by atoms with Crippen LogP contribution in [-0.2, 0) is 6.61 Å². The molecule has 1 fully saturated rings. The fraction of sp³-hybridized carbons (Fsp3) is 0.333. The van der Waals surface area contributed by atoms with Crippen molar-refractivity contribution in [2.24, 2.45) is 0 Å². The summed E-state index contributed by atoms with van der Waals surface area (Å²) in [5.41, 5.74) is 2.36. The van der Waals surface area contributed by atoms with Crippen molar-refractivity contribution in [2.45, 2.75) is 12.6 Å². The van der Waals surface area contributed by atoms with Crippen LogP contribution < -0.4 is 20.1 Å². The first kappa shape index (κ1) is 14.9. The van der Waals surface area contributed by atoms with Gasteiger partial charge in [0.05, 0.1) is 7.11 Å². The minimum Gasteiger partial charge on any atom is -0.493 e. The highest BCUT2D eigenvalue weighted by atomic mass is 16.5. The predicted octanol–water partition coefficient (Wildman–Crippen LogP) is 2.51. The zero-order valence-electron chi connectivity index (χ0n) is 12.8. The van der Waals surface area contributed by atoms with Crippen LogP contribution >= 0.6 is 0 Å². The van der Waals surface area contributed by atoms with Gasteiger partial charge in [-0.2, -0.15) is 0 Å². The van der Waals surface area contributed by atoms with Gasteiger partial charge in [0.1, 0.15) is 6.61 Å². The zero-order valence-corrected chi connectivity index (χ0v) is 12.8. The van der Waals surface area contributed by atoms with Gasteiger partial charge in [-0.05, 0) is 23.3 Å². The molecule has 0 bridgehead atoms. The highest BCUT2D eigenvalue weighted by molar-refractivity contribution is 5.44. The molecule has 3 rings (SSSR count). The highest BCUT2D eigenvalue weighted by Gasteiger charge is 2.16. The fourth-order valence-electron chi connectivity index (χ4n) is 2.65. The summed E-state index contributed by atoms with van der Waals surface area (Å²) < 4.78 is 11.4. The van der Waals surface area contributed by atoms with Gasteiger partial charge < -0.3 is 20.1 Å². The van der Waals surface area contributed by atoms with E-state index in [2.05, 4.69) is 34.9 Å². The molecule has 2 aromatic carbocycles. The summed E-state index contributed by atoms with van der Waals surface area (Å²) in [6.07, 6.45) is 0. The summed E-state index contributed by atoms with van der Waals surface area (Å²) in [4.78, 5) is 0. The van der Waals surface area contributed by atoms with Gasteiger partial charge in [-0.25, -0.2) is 0 Å². The molecule has 0 aromatic heterocycles. The predicted molar refractivity (Wildman–Crippen MR) is 87.4 cm³/mol. The van der Waals surface area contributed by atoms with Crippen molar-refractivity contribution >= 4 is 0 Å². The number of methoxy groups -OCH3 is 1. The van der Waals surface area contributed by atoms with E-state index in [1.165, 1.54) is 5.56 Å². The lowest BCUT2D eigenvalue weighted by Gasteiger charge is -2.25. The van der Waals surface area contributed by atoms with Gasteiger partial charge >= 0.3 is 0 Å². The number of ether oxygens (including phenoxy) is 2. The molecule has 0 unspecified atom stereocenters. The van der Waals surface area contributed by atoms with Crippen LogP contribution in [-0.4, -0.2) is 26.7 Å². The van der Waals surface area contributed by atoms with Gasteiger partial charge in [-0.15, -0.1) is 0 Å². The van der Waals surface area contributed by atoms with Crippen molar-refractivity contribution in [1.29, 1.82) is 0 Å². The highest BCUT2D eigenvalue weighted by Crippen LogP contribution is 2.31. The number of hydrogen-bond acceptors (Lipinski definition) is 4. The molecule has 116 valence electrons. The molecule has 1 aliphatic heterocycles. The Kier molecular flexibility index (Phi) is 4.93. The lowest BCUT2D eigenvalue weighted by Crippen LogP contribution is -2.42. The average Bonchev–Trinajstić information content (AvgIpc) is 2.61. The Morgan fingerprint density at radius 3 is 2.64 bits per heavy atom. The maximum absolute atomic E-state index is 5.97. The molecule has 0 aliphatic carbocycles. The fourth-order valence-corrected chi connectivity index (χ4v) is 2.65. The summed E-state index contributed by atoms with van der Waals surface area (Å²) >= 11 is 0. The number of hydrogen-bond donors (Lipinski definition) is 2. The first-order valence-corrected chi connectivity index (χ1v) is 7.65. The summed E-state index contributed by atoms with van der Waals surface area (Å²) in [7, 11) is 1.67. The van der Waals surface area contributed by atoms with Crippen LogP contribution in [0.3, 0.4) is 0 Å². The second kappa shape index (κ2) is 7.29. The molecule has 4 nitrogen and oxygen atoms in total. The standard InChI is InChI=1S/C18H22N2O2/c1-21-17-8-7-15(16-12-19-9-10-20-16)11-18(17)22-13-14-5-3-2-4-6-14/h2-8,11,16,19-20H,9-10,12-13H2,1H3/t16-/m0/s1. The molecule has 1 saturated heterocycles. The molecule has 1 atom stereocenters. The molecular formula is C18H22N2O2. The maximum atomic E-state index is 5.97. The van der Waals surface area contributed by atoms with Crippen molar-refractivity contribution in [3.63, 3.8) is 0 Å². The second-order valence-corrected chi connectivity index (χ2v) is 5.40. The van der Waals surface area contributed by atoms with Crippen LogP contribution in [0.4, 0.5) is 0 Å². The molecule has 2 N–H and O–H groups in total. The Hall–Kier alpha value is -2.04. The topological polar surface area (TPSA) is 42.5 Å². The van der Waals surface area contributed by atoms with Gasteiger partial charge in [0.15, 0.2) is 11.5 Å². The van der Waals surface area contributed by atoms with E-state index in [0.717, 1.165) is 36.7 Å². The summed E-state index contributed by atoms with van der Waals surface area (Å²) in [6, 6.07) is 16.6. The van der Waals surface area contributed by atoms with E-state index in [1.807, 2.05) is 24.3 Å². The van der Waals surface area contributed by atoms with Gasteiger partial charge in [-0.1, -0.05) is 36.4 Å². The third kappa shape index (κ3) is 3.59. The van der Waals surface area contributed by atoms with Crippen molar-refractivity contribution in [3.8, 4) is 11.5 Å². The Bertz CT molecular complexity index is 595. The van der Waals surface area contributed by atoms with Crippen LogP contribution in [0.25, 0.3) is 0 Å². The molecule has 22 heavy (non-hydrogen) atoms. The molecule has 1 heterocycles. The molecule has 2 aromatic rings. The quantitative estimate of drug-likeness (QED) is 0.890. The normalized spacial score (nSPS) is 18.0. The molecule has 0 radical (unpaired) electrons. The van der Waals surface area contributed by atoms with E-state index in [9.17, 15) is 0 Å². The zero-order chi connectivity index (χ0) is 15.2. The van der Waals surface area contributed by atoms with E-state index in [1.54, 1.807) is 7.11 Å². The Balaban J connectivity index is 1.75.